The summed E-state index contributed by atoms with van der Waals surface area (Å²) < 4.78 is 0. The first-order chi connectivity index (χ1) is 14.9. The SMILES string of the molecule is CN(C)c1ccc(N2C(=O)CS[C@@H]2c2cccc(NC(=O)c3ccc(Cl)cc3)c2)cc1. The van der Waals surface area contributed by atoms with E-state index < -0.39 is 0 Å². The van der Waals surface area contributed by atoms with Crippen molar-refractivity contribution in [2.45, 2.75) is 5.37 Å². The number of nitrogens with zero attached hydrogens (tertiary/aromatic N) is 2. The summed E-state index contributed by atoms with van der Waals surface area (Å²) >= 11 is 7.48. The van der Waals surface area contributed by atoms with Gasteiger partial charge in [0.05, 0.1) is 5.75 Å². The molecule has 5 nitrogen and oxygen atoms in total. The van der Waals surface area contributed by atoms with Crippen LogP contribution in [0.15, 0.2) is 72.8 Å². The molecule has 3 aromatic rings. The average Bonchev–Trinajstić information content (AvgIpc) is 3.16. The van der Waals surface area contributed by atoms with E-state index in [9.17, 15) is 9.59 Å². The Hall–Kier alpha value is -2.96. The lowest BCUT2D eigenvalue weighted by atomic mass is 10.1. The maximum atomic E-state index is 12.7. The Morgan fingerprint density at radius 3 is 2.45 bits per heavy atom. The van der Waals surface area contributed by atoms with Gasteiger partial charge in [-0.3, -0.25) is 14.5 Å². The monoisotopic (exact) mass is 451 g/mol. The number of carbonyl (C=O) groups excluding carboxylic acids is 2. The van der Waals surface area contributed by atoms with Gasteiger partial charge in [0.15, 0.2) is 0 Å². The topological polar surface area (TPSA) is 52.6 Å². The van der Waals surface area contributed by atoms with Gasteiger partial charge >= 0.3 is 0 Å². The van der Waals surface area contributed by atoms with Gasteiger partial charge in [0.1, 0.15) is 5.37 Å². The zero-order chi connectivity index (χ0) is 22.0. The van der Waals surface area contributed by atoms with Crippen LogP contribution < -0.4 is 15.1 Å². The standard InChI is InChI=1S/C24H22ClN3O2S/c1-27(2)20-10-12-21(13-11-20)28-22(29)15-31-24(28)17-4-3-5-19(14-17)26-23(30)16-6-8-18(25)9-7-16/h3-14,24H,15H2,1-2H3,(H,26,30)/t24-/m1/s1. The summed E-state index contributed by atoms with van der Waals surface area (Å²) in [6.07, 6.45) is 0. The normalized spacial score (nSPS) is 15.8. The van der Waals surface area contributed by atoms with Crippen LogP contribution in [0, 0.1) is 0 Å². The number of carbonyl (C=O) groups is 2. The molecular weight excluding hydrogens is 430 g/mol. The van der Waals surface area contributed by atoms with E-state index >= 15 is 0 Å². The first-order valence-corrected chi connectivity index (χ1v) is 11.2. The van der Waals surface area contributed by atoms with E-state index in [0.717, 1.165) is 16.9 Å². The van der Waals surface area contributed by atoms with Crippen molar-refractivity contribution in [2.75, 3.05) is 35.0 Å². The van der Waals surface area contributed by atoms with Crippen molar-refractivity contribution in [3.05, 3.63) is 88.9 Å². The Morgan fingerprint density at radius 1 is 1.06 bits per heavy atom. The third-order valence-corrected chi connectivity index (χ3v) is 6.51. The number of amides is 2. The molecule has 1 heterocycles. The molecule has 1 N–H and O–H groups in total. The summed E-state index contributed by atoms with van der Waals surface area (Å²) in [5.74, 6) is 0.282. The maximum absolute atomic E-state index is 12.7. The van der Waals surface area contributed by atoms with Crippen molar-refractivity contribution in [2.24, 2.45) is 0 Å². The zero-order valence-corrected chi connectivity index (χ0v) is 18.8. The predicted octanol–water partition coefficient (Wildman–Crippen LogP) is 5.44. The van der Waals surface area contributed by atoms with Crippen LogP contribution in [-0.4, -0.2) is 31.7 Å². The van der Waals surface area contributed by atoms with Crippen molar-refractivity contribution in [3.8, 4) is 0 Å². The number of hydrogen-bond donors (Lipinski definition) is 1. The molecule has 0 aliphatic carbocycles. The van der Waals surface area contributed by atoms with Crippen LogP contribution in [0.1, 0.15) is 21.3 Å². The van der Waals surface area contributed by atoms with Gasteiger partial charge in [-0.25, -0.2) is 0 Å². The van der Waals surface area contributed by atoms with Gasteiger partial charge in [0, 0.05) is 41.7 Å². The summed E-state index contributed by atoms with van der Waals surface area (Å²) in [5.41, 5.74) is 4.11. The number of benzene rings is 3. The van der Waals surface area contributed by atoms with Crippen LogP contribution in [-0.2, 0) is 4.79 Å². The molecule has 1 aliphatic rings. The number of thioether (sulfide) groups is 1. The number of anilines is 3. The highest BCUT2D eigenvalue weighted by Gasteiger charge is 2.34. The van der Waals surface area contributed by atoms with Gasteiger partial charge in [-0.15, -0.1) is 11.8 Å². The predicted molar refractivity (Wildman–Crippen MR) is 129 cm³/mol. The molecule has 0 radical (unpaired) electrons. The number of hydrogen-bond acceptors (Lipinski definition) is 4. The summed E-state index contributed by atoms with van der Waals surface area (Å²) in [5, 5.41) is 3.36. The molecule has 0 aromatic heterocycles. The molecule has 4 rings (SSSR count). The summed E-state index contributed by atoms with van der Waals surface area (Å²) in [6, 6.07) is 22.3. The van der Waals surface area contributed by atoms with Crippen molar-refractivity contribution in [3.63, 3.8) is 0 Å². The molecule has 0 saturated carbocycles. The van der Waals surface area contributed by atoms with Crippen LogP contribution in [0.25, 0.3) is 0 Å². The molecule has 7 heteroatoms. The lowest BCUT2D eigenvalue weighted by Crippen LogP contribution is -2.27. The largest absolute Gasteiger partial charge is 0.378 e. The molecule has 0 unspecified atom stereocenters. The van der Waals surface area contributed by atoms with E-state index in [1.807, 2.05) is 72.4 Å². The molecule has 3 aromatic carbocycles. The highest BCUT2D eigenvalue weighted by Crippen LogP contribution is 2.42. The zero-order valence-electron chi connectivity index (χ0n) is 17.2. The third-order valence-electron chi connectivity index (χ3n) is 5.05. The lowest BCUT2D eigenvalue weighted by Gasteiger charge is -2.25. The maximum Gasteiger partial charge on any atom is 0.255 e. The summed E-state index contributed by atoms with van der Waals surface area (Å²) in [4.78, 5) is 29.1. The van der Waals surface area contributed by atoms with Crippen molar-refractivity contribution >= 4 is 52.2 Å². The molecule has 158 valence electrons. The van der Waals surface area contributed by atoms with Crippen LogP contribution in [0.3, 0.4) is 0 Å². The Bertz CT molecular complexity index is 1100. The van der Waals surface area contributed by atoms with Crippen molar-refractivity contribution < 1.29 is 9.59 Å². The fourth-order valence-electron chi connectivity index (χ4n) is 3.44. The number of halogens is 1. The highest BCUT2D eigenvalue weighted by atomic mass is 35.5. The van der Waals surface area contributed by atoms with Crippen LogP contribution in [0.4, 0.5) is 17.1 Å². The minimum atomic E-state index is -0.208. The fourth-order valence-corrected chi connectivity index (χ4v) is 4.73. The Morgan fingerprint density at radius 2 is 1.77 bits per heavy atom. The van der Waals surface area contributed by atoms with Gasteiger partial charge in [0.25, 0.3) is 5.91 Å². The van der Waals surface area contributed by atoms with E-state index in [4.69, 9.17) is 11.6 Å². The second kappa shape index (κ2) is 9.04. The molecule has 1 saturated heterocycles. The van der Waals surface area contributed by atoms with Crippen LogP contribution in [0.2, 0.25) is 5.02 Å². The minimum Gasteiger partial charge on any atom is -0.378 e. The van der Waals surface area contributed by atoms with E-state index in [2.05, 4.69) is 5.32 Å². The first-order valence-electron chi connectivity index (χ1n) is 9.80. The summed E-state index contributed by atoms with van der Waals surface area (Å²) in [7, 11) is 3.97. The molecular formula is C24H22ClN3O2S. The van der Waals surface area contributed by atoms with E-state index in [1.165, 1.54) is 0 Å². The second-order valence-corrected chi connectivity index (χ2v) is 8.93. The number of rotatable bonds is 5. The van der Waals surface area contributed by atoms with Gasteiger partial charge in [-0.05, 0) is 66.2 Å². The van der Waals surface area contributed by atoms with Gasteiger partial charge in [0.2, 0.25) is 5.91 Å². The molecule has 0 bridgehead atoms. The van der Waals surface area contributed by atoms with E-state index in [0.29, 0.717) is 22.0 Å². The van der Waals surface area contributed by atoms with Gasteiger partial charge in [-0.1, -0.05) is 23.7 Å². The summed E-state index contributed by atoms with van der Waals surface area (Å²) in [6.45, 7) is 0. The fraction of sp³-hybridized carbons (Fsp3) is 0.167. The lowest BCUT2D eigenvalue weighted by molar-refractivity contribution is -0.115. The smallest absolute Gasteiger partial charge is 0.255 e. The molecule has 0 spiro atoms. The quantitative estimate of drug-likeness (QED) is 0.561. The molecule has 31 heavy (non-hydrogen) atoms. The molecule has 1 fully saturated rings. The van der Waals surface area contributed by atoms with E-state index in [1.54, 1.807) is 36.0 Å². The minimum absolute atomic E-state index is 0.0724. The van der Waals surface area contributed by atoms with Crippen LogP contribution in [0.5, 0.6) is 0 Å². The first kappa shape index (κ1) is 21.3. The van der Waals surface area contributed by atoms with E-state index in [-0.39, 0.29) is 17.2 Å². The highest BCUT2D eigenvalue weighted by molar-refractivity contribution is 8.00. The van der Waals surface area contributed by atoms with Gasteiger partial charge in [-0.2, -0.15) is 0 Å². The molecule has 2 amide bonds. The number of nitrogens with one attached hydrogen (secondary N) is 1. The average molecular weight is 452 g/mol. The molecule has 1 aliphatic heterocycles. The van der Waals surface area contributed by atoms with Crippen LogP contribution >= 0.6 is 23.4 Å². The Balaban J connectivity index is 1.56. The molecule has 1 atom stereocenters. The van der Waals surface area contributed by atoms with Gasteiger partial charge < -0.3 is 10.2 Å². The second-order valence-electron chi connectivity index (χ2n) is 7.42. The Labute approximate surface area is 191 Å². The Kier molecular flexibility index (Phi) is 6.20. The third kappa shape index (κ3) is 4.70. The van der Waals surface area contributed by atoms with Crippen molar-refractivity contribution in [1.29, 1.82) is 0 Å². The van der Waals surface area contributed by atoms with Crippen molar-refractivity contribution in [1.82, 2.24) is 0 Å².